The molecule has 0 radical (unpaired) electrons. The van der Waals surface area contributed by atoms with Crippen molar-refractivity contribution in [1.29, 1.82) is 0 Å². The lowest BCUT2D eigenvalue weighted by Crippen LogP contribution is -2.23. The smallest absolute Gasteiger partial charge is 0.283 e. The number of anilines is 1. The number of aromatic nitrogens is 3. The van der Waals surface area contributed by atoms with Gasteiger partial charge < -0.3 is 10.3 Å². The summed E-state index contributed by atoms with van der Waals surface area (Å²) in [5.74, 6) is -1.05. The molecule has 9 heteroatoms. The fraction of sp³-hybridized carbons (Fsp3) is 0.0769. The highest BCUT2D eigenvalue weighted by Gasteiger charge is 2.19. The fourth-order valence-electron chi connectivity index (χ4n) is 3.80. The Morgan fingerprint density at radius 1 is 1.03 bits per heavy atom. The number of hydrogen-bond acceptors (Lipinski definition) is 5. The summed E-state index contributed by atoms with van der Waals surface area (Å²) in [5.41, 5.74) is 2.12. The lowest BCUT2D eigenvalue weighted by Gasteiger charge is -2.13. The van der Waals surface area contributed by atoms with Crippen LogP contribution in [-0.2, 0) is 4.79 Å². The van der Waals surface area contributed by atoms with E-state index in [1.54, 1.807) is 30.3 Å². The summed E-state index contributed by atoms with van der Waals surface area (Å²) in [6.45, 7) is 1.47. The number of para-hydroxylation sites is 2. The van der Waals surface area contributed by atoms with Crippen LogP contribution in [-0.4, -0.2) is 32.0 Å². The summed E-state index contributed by atoms with van der Waals surface area (Å²) < 4.78 is 15.9. The molecule has 0 saturated carbocycles. The molecule has 5 rings (SSSR count). The Hall–Kier alpha value is -4.24. The molecule has 0 fully saturated rings. The summed E-state index contributed by atoms with van der Waals surface area (Å²) in [6.07, 6.45) is 0. The summed E-state index contributed by atoms with van der Waals surface area (Å²) in [4.78, 5) is 45.3. The number of nitrogens with one attached hydrogen (secondary N) is 2. The van der Waals surface area contributed by atoms with Gasteiger partial charge in [0.1, 0.15) is 16.9 Å². The zero-order valence-corrected chi connectivity index (χ0v) is 19.4. The van der Waals surface area contributed by atoms with E-state index in [1.807, 2.05) is 24.3 Å². The number of aromatic amines is 1. The van der Waals surface area contributed by atoms with Crippen LogP contribution in [0.2, 0.25) is 0 Å². The predicted octanol–water partition coefficient (Wildman–Crippen LogP) is 4.94. The number of carbonyl (C=O) groups is 2. The second-order valence-electron chi connectivity index (χ2n) is 7.85. The number of carbonyl (C=O) groups excluding carboxylic acids is 2. The first kappa shape index (κ1) is 22.5. The second kappa shape index (κ2) is 9.19. The maximum Gasteiger partial charge on any atom is 0.283 e. The van der Waals surface area contributed by atoms with Gasteiger partial charge in [-0.3, -0.25) is 19.0 Å². The molecule has 0 unspecified atom stereocenters. The largest absolute Gasteiger partial charge is 0.349 e. The molecule has 2 aromatic heterocycles. The highest BCUT2D eigenvalue weighted by molar-refractivity contribution is 7.99. The number of amides is 1. The zero-order valence-electron chi connectivity index (χ0n) is 18.5. The molecule has 3 aromatic carbocycles. The van der Waals surface area contributed by atoms with Crippen LogP contribution < -0.4 is 10.9 Å². The monoisotopic (exact) mass is 486 g/mol. The molecule has 1 amide bonds. The van der Waals surface area contributed by atoms with Gasteiger partial charge in [0, 0.05) is 22.2 Å². The number of halogens is 1. The lowest BCUT2D eigenvalue weighted by molar-refractivity contribution is -0.113. The lowest BCUT2D eigenvalue weighted by atomic mass is 10.1. The highest BCUT2D eigenvalue weighted by Crippen LogP contribution is 2.27. The van der Waals surface area contributed by atoms with Gasteiger partial charge in [-0.1, -0.05) is 42.1 Å². The predicted molar refractivity (Wildman–Crippen MR) is 135 cm³/mol. The third-order valence-electron chi connectivity index (χ3n) is 5.50. The van der Waals surface area contributed by atoms with Gasteiger partial charge in [0.2, 0.25) is 5.91 Å². The molecule has 2 heterocycles. The van der Waals surface area contributed by atoms with Gasteiger partial charge in [-0.05, 0) is 49.4 Å². The van der Waals surface area contributed by atoms with Crippen molar-refractivity contribution in [3.8, 4) is 5.69 Å². The molecular weight excluding hydrogens is 467 g/mol. The van der Waals surface area contributed by atoms with Crippen molar-refractivity contribution in [1.82, 2.24) is 14.5 Å². The van der Waals surface area contributed by atoms with Gasteiger partial charge in [-0.25, -0.2) is 9.37 Å². The van der Waals surface area contributed by atoms with E-state index in [1.165, 1.54) is 29.7 Å². The van der Waals surface area contributed by atoms with Crippen LogP contribution in [0.4, 0.5) is 10.1 Å². The number of fused-ring (bicyclic) bond motifs is 3. The first-order valence-electron chi connectivity index (χ1n) is 10.7. The molecule has 0 saturated heterocycles. The minimum Gasteiger partial charge on any atom is -0.349 e. The molecule has 35 heavy (non-hydrogen) atoms. The van der Waals surface area contributed by atoms with Crippen molar-refractivity contribution in [3.63, 3.8) is 0 Å². The van der Waals surface area contributed by atoms with Crippen molar-refractivity contribution in [2.24, 2.45) is 0 Å². The summed E-state index contributed by atoms with van der Waals surface area (Å²) >= 11 is 1.03. The van der Waals surface area contributed by atoms with E-state index in [4.69, 9.17) is 0 Å². The Morgan fingerprint density at radius 3 is 2.49 bits per heavy atom. The van der Waals surface area contributed by atoms with Crippen molar-refractivity contribution in [2.45, 2.75) is 12.1 Å². The Labute approximate surface area is 203 Å². The van der Waals surface area contributed by atoms with Gasteiger partial charge in [-0.2, -0.15) is 0 Å². The number of nitrogens with zero attached hydrogens (tertiary/aromatic N) is 2. The van der Waals surface area contributed by atoms with E-state index >= 15 is 0 Å². The number of rotatable bonds is 6. The quantitative estimate of drug-likeness (QED) is 0.201. The van der Waals surface area contributed by atoms with Gasteiger partial charge >= 0.3 is 0 Å². The SMILES string of the molecule is CC(=O)c1ccc(NC(=O)CSc2nc3c([nH]c4ccccc43)c(=O)n2-c2ccccc2F)cc1. The molecule has 0 aliphatic heterocycles. The average Bonchev–Trinajstić information content (AvgIpc) is 3.23. The summed E-state index contributed by atoms with van der Waals surface area (Å²) in [5, 5.41) is 3.71. The van der Waals surface area contributed by atoms with Crippen LogP contribution in [0.25, 0.3) is 27.6 Å². The van der Waals surface area contributed by atoms with E-state index in [0.29, 0.717) is 16.8 Å². The van der Waals surface area contributed by atoms with Crippen molar-refractivity contribution >= 4 is 51.1 Å². The Bertz CT molecular complexity index is 1660. The van der Waals surface area contributed by atoms with Gasteiger partial charge in [0.05, 0.1) is 11.4 Å². The number of ketones is 1. The van der Waals surface area contributed by atoms with Crippen LogP contribution in [0.15, 0.2) is 82.7 Å². The fourth-order valence-corrected chi connectivity index (χ4v) is 4.60. The van der Waals surface area contributed by atoms with Gasteiger partial charge in [-0.15, -0.1) is 0 Å². The van der Waals surface area contributed by atoms with Gasteiger partial charge in [0.15, 0.2) is 10.9 Å². The molecule has 0 atom stereocenters. The van der Waals surface area contributed by atoms with Crippen molar-refractivity contribution in [2.75, 3.05) is 11.1 Å². The minimum absolute atomic E-state index is 0.0493. The van der Waals surface area contributed by atoms with Crippen LogP contribution in [0, 0.1) is 5.82 Å². The van der Waals surface area contributed by atoms with Gasteiger partial charge in [0.25, 0.3) is 5.56 Å². The van der Waals surface area contributed by atoms with E-state index in [-0.39, 0.29) is 33.8 Å². The Morgan fingerprint density at radius 2 is 1.74 bits per heavy atom. The number of benzene rings is 3. The molecule has 5 aromatic rings. The third-order valence-corrected chi connectivity index (χ3v) is 6.43. The molecule has 174 valence electrons. The van der Waals surface area contributed by atoms with Crippen LogP contribution in [0.3, 0.4) is 0 Å². The minimum atomic E-state index is -0.580. The maximum absolute atomic E-state index is 14.7. The normalized spacial score (nSPS) is 11.1. The molecular formula is C26H19FN4O3S. The van der Waals surface area contributed by atoms with Crippen molar-refractivity contribution < 1.29 is 14.0 Å². The second-order valence-corrected chi connectivity index (χ2v) is 8.79. The summed E-state index contributed by atoms with van der Waals surface area (Å²) in [7, 11) is 0. The molecule has 0 aliphatic rings. The van der Waals surface area contributed by atoms with E-state index < -0.39 is 11.4 Å². The topological polar surface area (TPSA) is 96.8 Å². The maximum atomic E-state index is 14.7. The molecule has 7 nitrogen and oxygen atoms in total. The number of thioether (sulfide) groups is 1. The number of hydrogen-bond donors (Lipinski definition) is 2. The number of H-pyrrole nitrogens is 1. The highest BCUT2D eigenvalue weighted by atomic mass is 32.2. The summed E-state index contributed by atoms with van der Waals surface area (Å²) in [6, 6.07) is 19.9. The van der Waals surface area contributed by atoms with Crippen molar-refractivity contribution in [3.05, 3.63) is 94.5 Å². The first-order valence-corrected chi connectivity index (χ1v) is 11.7. The van der Waals surface area contributed by atoms with Crippen LogP contribution >= 0.6 is 11.8 Å². The van der Waals surface area contributed by atoms with E-state index in [9.17, 15) is 18.8 Å². The third kappa shape index (κ3) is 4.33. The van der Waals surface area contributed by atoms with E-state index in [0.717, 1.165) is 22.7 Å². The first-order chi connectivity index (χ1) is 16.9. The van der Waals surface area contributed by atoms with Crippen LogP contribution in [0.1, 0.15) is 17.3 Å². The molecule has 2 N–H and O–H groups in total. The zero-order chi connectivity index (χ0) is 24.5. The number of Topliss-reactive ketones (excluding diaryl/α,β-unsaturated/α-hetero) is 1. The Kier molecular flexibility index (Phi) is 5.92. The van der Waals surface area contributed by atoms with E-state index in [2.05, 4.69) is 15.3 Å². The average molecular weight is 487 g/mol. The molecule has 0 spiro atoms. The molecule has 0 aliphatic carbocycles. The molecule has 0 bridgehead atoms. The van der Waals surface area contributed by atoms with Crippen LogP contribution in [0.5, 0.6) is 0 Å². The Balaban J connectivity index is 1.51. The standard InChI is InChI=1S/C26H19FN4O3S/c1-15(32)16-10-12-17(13-11-16)28-22(33)14-35-26-30-23-18-6-2-4-8-20(18)29-24(23)25(34)31(26)21-9-5-3-7-19(21)27/h2-13,29H,14H2,1H3,(H,28,33).